The van der Waals surface area contributed by atoms with Crippen molar-refractivity contribution in [3.05, 3.63) is 58.3 Å². The largest absolute Gasteiger partial charge is 0.497 e. The highest BCUT2D eigenvalue weighted by atomic mass is 79.9. The first kappa shape index (κ1) is 17.0. The second-order valence-corrected chi connectivity index (χ2v) is 5.25. The Balaban J connectivity index is 1.85. The molecule has 5 nitrogen and oxygen atoms in total. The lowest BCUT2D eigenvalue weighted by Crippen LogP contribution is -2.24. The fourth-order valence-electron chi connectivity index (χ4n) is 1.65. The van der Waals surface area contributed by atoms with Crippen LogP contribution in [0.1, 0.15) is 5.56 Å². The molecule has 23 heavy (non-hydrogen) atoms. The van der Waals surface area contributed by atoms with Gasteiger partial charge in [-0.2, -0.15) is 5.10 Å². The average molecular weight is 381 g/mol. The van der Waals surface area contributed by atoms with Gasteiger partial charge in [0, 0.05) is 5.56 Å². The molecule has 0 bridgehead atoms. The molecule has 0 aliphatic heterocycles. The fourth-order valence-corrected chi connectivity index (χ4v) is 2.13. The highest BCUT2D eigenvalue weighted by Gasteiger charge is 2.06. The minimum Gasteiger partial charge on any atom is -0.497 e. The summed E-state index contributed by atoms with van der Waals surface area (Å²) in [6.45, 7) is -0.223. The topological polar surface area (TPSA) is 59.9 Å². The van der Waals surface area contributed by atoms with Crippen molar-refractivity contribution in [2.45, 2.75) is 0 Å². The molecule has 0 atom stereocenters. The molecule has 0 heterocycles. The van der Waals surface area contributed by atoms with E-state index in [0.717, 1.165) is 0 Å². The number of rotatable bonds is 6. The van der Waals surface area contributed by atoms with Gasteiger partial charge in [-0.1, -0.05) is 18.2 Å². The predicted octanol–water partition coefficient (Wildman–Crippen LogP) is 3.13. The Kier molecular flexibility index (Phi) is 6.10. The first-order chi connectivity index (χ1) is 11.1. The third-order valence-corrected chi connectivity index (χ3v) is 3.42. The Hall–Kier alpha value is -2.41. The maximum Gasteiger partial charge on any atom is 0.277 e. The number of methoxy groups -OCH3 is 1. The Labute approximate surface area is 141 Å². The molecule has 1 N–H and O–H groups in total. The summed E-state index contributed by atoms with van der Waals surface area (Å²) in [6, 6.07) is 11.2. The van der Waals surface area contributed by atoms with Crippen LogP contribution < -0.4 is 14.9 Å². The maximum atomic E-state index is 13.3. The van der Waals surface area contributed by atoms with E-state index in [0.29, 0.717) is 16.0 Å². The summed E-state index contributed by atoms with van der Waals surface area (Å²) in [5, 5.41) is 3.69. The second-order valence-electron chi connectivity index (χ2n) is 4.40. The third-order valence-electron chi connectivity index (χ3n) is 2.80. The number of carbonyl (C=O) groups is 1. The zero-order valence-electron chi connectivity index (χ0n) is 12.3. The second kappa shape index (κ2) is 8.28. The average Bonchev–Trinajstić information content (AvgIpc) is 2.55. The number of carbonyl (C=O) groups excluding carboxylic acids is 1. The van der Waals surface area contributed by atoms with Gasteiger partial charge < -0.3 is 9.47 Å². The van der Waals surface area contributed by atoms with E-state index in [1.807, 2.05) is 0 Å². The van der Waals surface area contributed by atoms with Crippen LogP contribution in [0.15, 0.2) is 52.0 Å². The minimum atomic E-state index is -0.458. The third kappa shape index (κ3) is 5.07. The summed E-state index contributed by atoms with van der Waals surface area (Å²) in [4.78, 5) is 11.6. The molecule has 0 spiro atoms. The van der Waals surface area contributed by atoms with Crippen LogP contribution in [0, 0.1) is 5.82 Å². The van der Waals surface area contributed by atoms with Crippen molar-refractivity contribution < 1.29 is 18.7 Å². The number of amides is 1. The maximum absolute atomic E-state index is 13.3. The van der Waals surface area contributed by atoms with Crippen molar-refractivity contribution in [1.82, 2.24) is 5.43 Å². The van der Waals surface area contributed by atoms with Crippen molar-refractivity contribution in [1.29, 1.82) is 0 Å². The molecule has 0 aliphatic carbocycles. The molecule has 0 unspecified atom stereocenters. The molecule has 2 rings (SSSR count). The number of nitrogens with zero attached hydrogens (tertiary/aromatic N) is 1. The smallest absolute Gasteiger partial charge is 0.277 e. The van der Waals surface area contributed by atoms with Crippen LogP contribution in [0.5, 0.6) is 11.5 Å². The lowest BCUT2D eigenvalue weighted by atomic mass is 10.2. The van der Waals surface area contributed by atoms with Crippen LogP contribution in [0.2, 0.25) is 0 Å². The van der Waals surface area contributed by atoms with Gasteiger partial charge in [-0.15, -0.1) is 0 Å². The summed E-state index contributed by atoms with van der Waals surface area (Å²) >= 11 is 3.32. The SMILES string of the molecule is COc1ccc(OCC(=O)N/N=C\c2ccccc2F)c(Br)c1. The summed E-state index contributed by atoms with van der Waals surface area (Å²) in [5.41, 5.74) is 2.55. The molecule has 2 aromatic carbocycles. The summed E-state index contributed by atoms with van der Waals surface area (Å²) < 4.78 is 24.4. The normalized spacial score (nSPS) is 10.6. The van der Waals surface area contributed by atoms with E-state index in [-0.39, 0.29) is 12.2 Å². The van der Waals surface area contributed by atoms with E-state index in [2.05, 4.69) is 26.5 Å². The van der Waals surface area contributed by atoms with E-state index < -0.39 is 11.7 Å². The number of hydrogen-bond acceptors (Lipinski definition) is 4. The molecule has 0 aromatic heterocycles. The summed E-state index contributed by atoms with van der Waals surface area (Å²) in [5.74, 6) is 0.298. The standard InChI is InChI=1S/C16H14BrFN2O3/c1-22-12-6-7-15(13(17)8-12)23-10-16(21)20-19-9-11-4-2-3-5-14(11)18/h2-9H,10H2,1H3,(H,20,21)/b19-9-. The molecular formula is C16H14BrFN2O3. The van der Waals surface area contributed by atoms with Gasteiger partial charge in [-0.05, 0) is 40.2 Å². The number of hydrogen-bond donors (Lipinski definition) is 1. The molecule has 0 saturated heterocycles. The van der Waals surface area contributed by atoms with Crippen LogP contribution in [-0.2, 0) is 4.79 Å². The van der Waals surface area contributed by atoms with Crippen molar-refractivity contribution in [3.63, 3.8) is 0 Å². The van der Waals surface area contributed by atoms with Gasteiger partial charge in [0.15, 0.2) is 6.61 Å². The highest BCUT2D eigenvalue weighted by Crippen LogP contribution is 2.28. The fraction of sp³-hybridized carbons (Fsp3) is 0.125. The van der Waals surface area contributed by atoms with Crippen molar-refractivity contribution in [3.8, 4) is 11.5 Å². The van der Waals surface area contributed by atoms with Crippen molar-refractivity contribution in [2.24, 2.45) is 5.10 Å². The Morgan fingerprint density at radius 2 is 2.13 bits per heavy atom. The first-order valence-corrected chi connectivity index (χ1v) is 7.42. The number of hydrazone groups is 1. The van der Waals surface area contributed by atoms with Gasteiger partial charge in [-0.3, -0.25) is 4.79 Å². The van der Waals surface area contributed by atoms with Crippen LogP contribution in [0.4, 0.5) is 4.39 Å². The van der Waals surface area contributed by atoms with Crippen LogP contribution in [-0.4, -0.2) is 25.8 Å². The van der Waals surface area contributed by atoms with Crippen molar-refractivity contribution >= 4 is 28.1 Å². The lowest BCUT2D eigenvalue weighted by molar-refractivity contribution is -0.123. The van der Waals surface area contributed by atoms with Gasteiger partial charge in [0.25, 0.3) is 5.91 Å². The van der Waals surface area contributed by atoms with Crippen LogP contribution in [0.3, 0.4) is 0 Å². The molecular weight excluding hydrogens is 367 g/mol. The van der Waals surface area contributed by atoms with Gasteiger partial charge in [0.05, 0.1) is 17.8 Å². The van der Waals surface area contributed by atoms with E-state index in [9.17, 15) is 9.18 Å². The van der Waals surface area contributed by atoms with E-state index in [1.165, 1.54) is 12.3 Å². The van der Waals surface area contributed by atoms with Gasteiger partial charge in [-0.25, -0.2) is 9.82 Å². The molecule has 2 aromatic rings. The Bertz CT molecular complexity index is 722. The zero-order valence-corrected chi connectivity index (χ0v) is 13.8. The van der Waals surface area contributed by atoms with Crippen molar-refractivity contribution in [2.75, 3.05) is 13.7 Å². The van der Waals surface area contributed by atoms with E-state index in [4.69, 9.17) is 9.47 Å². The quantitative estimate of drug-likeness (QED) is 0.618. The Morgan fingerprint density at radius 1 is 1.35 bits per heavy atom. The number of nitrogens with one attached hydrogen (secondary N) is 1. The molecule has 7 heteroatoms. The lowest BCUT2D eigenvalue weighted by Gasteiger charge is -2.08. The van der Waals surface area contributed by atoms with E-state index in [1.54, 1.807) is 43.5 Å². The van der Waals surface area contributed by atoms with Gasteiger partial charge >= 0.3 is 0 Å². The minimum absolute atomic E-state index is 0.223. The van der Waals surface area contributed by atoms with Gasteiger partial charge in [0.2, 0.25) is 0 Å². The molecule has 0 fully saturated rings. The molecule has 0 aliphatic rings. The molecule has 120 valence electrons. The monoisotopic (exact) mass is 380 g/mol. The van der Waals surface area contributed by atoms with E-state index >= 15 is 0 Å². The number of ether oxygens (including phenoxy) is 2. The zero-order chi connectivity index (χ0) is 16.7. The molecule has 0 radical (unpaired) electrons. The number of benzene rings is 2. The molecule has 0 saturated carbocycles. The Morgan fingerprint density at radius 3 is 2.83 bits per heavy atom. The first-order valence-electron chi connectivity index (χ1n) is 6.63. The summed E-state index contributed by atoms with van der Waals surface area (Å²) in [7, 11) is 1.56. The van der Waals surface area contributed by atoms with Crippen LogP contribution >= 0.6 is 15.9 Å². The highest BCUT2D eigenvalue weighted by molar-refractivity contribution is 9.10. The molecule has 1 amide bonds. The van der Waals surface area contributed by atoms with Crippen LogP contribution in [0.25, 0.3) is 0 Å². The summed E-state index contributed by atoms with van der Waals surface area (Å²) in [6.07, 6.45) is 1.23. The number of halogens is 2. The van der Waals surface area contributed by atoms with Gasteiger partial charge in [0.1, 0.15) is 17.3 Å². The predicted molar refractivity (Wildman–Crippen MR) is 88.3 cm³/mol.